The second-order valence-corrected chi connectivity index (χ2v) is 8.85. The van der Waals surface area contributed by atoms with Crippen LogP contribution in [0.3, 0.4) is 0 Å². The molecule has 0 unspecified atom stereocenters. The van der Waals surface area contributed by atoms with Gasteiger partial charge in [-0.1, -0.05) is 27.5 Å². The number of non-ortho nitro benzene ring substituents is 1. The van der Waals surface area contributed by atoms with Gasteiger partial charge in [0.15, 0.2) is 0 Å². The molecule has 11 nitrogen and oxygen atoms in total. The van der Waals surface area contributed by atoms with E-state index in [2.05, 4.69) is 26.0 Å². The second-order valence-electron chi connectivity index (χ2n) is 7.49. The van der Waals surface area contributed by atoms with Crippen molar-refractivity contribution >= 4 is 56.0 Å². The zero-order valence-electron chi connectivity index (χ0n) is 18.4. The summed E-state index contributed by atoms with van der Waals surface area (Å²) in [5.74, 6) is 0.171. The van der Waals surface area contributed by atoms with E-state index >= 15 is 0 Å². The van der Waals surface area contributed by atoms with Crippen LogP contribution in [0.2, 0.25) is 5.02 Å². The van der Waals surface area contributed by atoms with Crippen molar-refractivity contribution in [2.24, 2.45) is 5.10 Å². The third-order valence-electron chi connectivity index (χ3n) is 5.07. The fourth-order valence-corrected chi connectivity index (χ4v) is 3.96. The highest BCUT2D eigenvalue weighted by atomic mass is 79.9. The quantitative estimate of drug-likeness (QED) is 0.164. The van der Waals surface area contributed by atoms with E-state index in [1.54, 1.807) is 25.1 Å². The summed E-state index contributed by atoms with van der Waals surface area (Å²) in [5.41, 5.74) is 0.259. The molecule has 13 heteroatoms. The SMILES string of the molecule is Cc1nc2ccc(Br)cc2c(=O)n1N=Cc1cc(Cl)cc([N+](=O)[O-])c1OCc1ccc([N+](=O)[O-])cc1. The van der Waals surface area contributed by atoms with E-state index in [4.69, 9.17) is 16.3 Å². The van der Waals surface area contributed by atoms with Gasteiger partial charge in [-0.15, -0.1) is 0 Å². The summed E-state index contributed by atoms with van der Waals surface area (Å²) in [6, 6.07) is 13.2. The second kappa shape index (κ2) is 10.2. The Balaban J connectivity index is 1.74. The molecule has 0 spiro atoms. The van der Waals surface area contributed by atoms with Gasteiger partial charge in [0, 0.05) is 33.3 Å². The first-order chi connectivity index (χ1) is 17.1. The molecule has 4 aromatic rings. The first-order valence-electron chi connectivity index (χ1n) is 10.2. The molecule has 36 heavy (non-hydrogen) atoms. The lowest BCUT2D eigenvalue weighted by atomic mass is 10.1. The summed E-state index contributed by atoms with van der Waals surface area (Å²) in [4.78, 5) is 38.8. The van der Waals surface area contributed by atoms with Gasteiger partial charge < -0.3 is 4.74 Å². The lowest BCUT2D eigenvalue weighted by Crippen LogP contribution is -2.20. The van der Waals surface area contributed by atoms with Crippen molar-refractivity contribution in [2.45, 2.75) is 13.5 Å². The smallest absolute Gasteiger partial charge is 0.313 e. The monoisotopic (exact) mass is 571 g/mol. The molecule has 0 saturated heterocycles. The summed E-state index contributed by atoms with van der Waals surface area (Å²) in [5, 5.41) is 27.2. The van der Waals surface area contributed by atoms with Crippen LogP contribution in [-0.4, -0.2) is 25.7 Å². The van der Waals surface area contributed by atoms with E-state index in [1.165, 1.54) is 36.5 Å². The minimum atomic E-state index is -0.652. The van der Waals surface area contributed by atoms with Crippen LogP contribution in [0.15, 0.2) is 69.0 Å². The standard InChI is InChI=1S/C23H15BrClN5O6/c1-13-27-20-7-4-16(24)9-19(20)23(31)28(13)26-11-15-8-17(25)10-21(30(34)35)22(15)36-12-14-2-5-18(6-3-14)29(32)33/h2-11H,12H2,1H3. The number of aryl methyl sites for hydroxylation is 1. The zero-order valence-corrected chi connectivity index (χ0v) is 20.8. The molecule has 0 aliphatic rings. The number of aromatic nitrogens is 2. The third kappa shape index (κ3) is 5.24. The summed E-state index contributed by atoms with van der Waals surface area (Å²) in [6.45, 7) is 1.48. The number of halogens is 2. The molecule has 1 aromatic heterocycles. The molecule has 182 valence electrons. The molecule has 3 aromatic carbocycles. The molecule has 0 aliphatic carbocycles. The number of hydrogen-bond donors (Lipinski definition) is 0. The minimum Gasteiger partial charge on any atom is -0.481 e. The van der Waals surface area contributed by atoms with E-state index in [9.17, 15) is 25.0 Å². The molecule has 0 fully saturated rings. The molecular formula is C23H15BrClN5O6. The van der Waals surface area contributed by atoms with Crippen molar-refractivity contribution in [3.63, 3.8) is 0 Å². The normalized spacial score (nSPS) is 11.2. The molecule has 4 rings (SSSR count). The Bertz CT molecular complexity index is 1600. The average molecular weight is 573 g/mol. The summed E-state index contributed by atoms with van der Waals surface area (Å²) >= 11 is 9.43. The van der Waals surface area contributed by atoms with Crippen LogP contribution in [0.5, 0.6) is 5.75 Å². The Kier molecular flexibility index (Phi) is 7.08. The first-order valence-corrected chi connectivity index (χ1v) is 11.4. The summed E-state index contributed by atoms with van der Waals surface area (Å²) in [7, 11) is 0. The van der Waals surface area contributed by atoms with Crippen LogP contribution in [0.4, 0.5) is 11.4 Å². The molecule has 0 N–H and O–H groups in total. The van der Waals surface area contributed by atoms with Gasteiger partial charge in [0.25, 0.3) is 11.2 Å². The highest BCUT2D eigenvalue weighted by Crippen LogP contribution is 2.34. The molecule has 0 saturated carbocycles. The van der Waals surface area contributed by atoms with Crippen molar-refractivity contribution in [1.29, 1.82) is 0 Å². The van der Waals surface area contributed by atoms with Gasteiger partial charge in [-0.05, 0) is 48.9 Å². The van der Waals surface area contributed by atoms with E-state index in [-0.39, 0.29) is 28.6 Å². The largest absolute Gasteiger partial charge is 0.481 e. The number of ether oxygens (including phenoxy) is 1. The number of nitro groups is 2. The average Bonchev–Trinajstić information content (AvgIpc) is 2.83. The number of benzene rings is 3. The minimum absolute atomic E-state index is 0.0653. The van der Waals surface area contributed by atoms with Crippen LogP contribution >= 0.6 is 27.5 Å². The Morgan fingerprint density at radius 3 is 2.50 bits per heavy atom. The molecule has 0 aliphatic heterocycles. The summed E-state index contributed by atoms with van der Waals surface area (Å²) < 4.78 is 7.50. The predicted molar refractivity (Wildman–Crippen MR) is 137 cm³/mol. The predicted octanol–water partition coefficient (Wildman–Crippen LogP) is 5.40. The Hall–Kier alpha value is -4.16. The van der Waals surface area contributed by atoms with Gasteiger partial charge in [0.2, 0.25) is 5.75 Å². The lowest BCUT2D eigenvalue weighted by Gasteiger charge is -2.11. The number of nitrogens with zero attached hydrogens (tertiary/aromatic N) is 5. The number of nitro benzene ring substituents is 2. The molecule has 0 bridgehead atoms. The van der Waals surface area contributed by atoms with Gasteiger partial charge in [-0.2, -0.15) is 9.78 Å². The van der Waals surface area contributed by atoms with Crippen LogP contribution in [0.25, 0.3) is 10.9 Å². The topological polar surface area (TPSA) is 143 Å². The number of hydrogen-bond acceptors (Lipinski definition) is 8. The van der Waals surface area contributed by atoms with E-state index in [0.717, 1.165) is 10.7 Å². The lowest BCUT2D eigenvalue weighted by molar-refractivity contribution is -0.386. The van der Waals surface area contributed by atoms with Gasteiger partial charge >= 0.3 is 5.69 Å². The Morgan fingerprint density at radius 2 is 1.83 bits per heavy atom. The molecule has 0 atom stereocenters. The molecule has 0 radical (unpaired) electrons. The maximum Gasteiger partial charge on any atom is 0.313 e. The maximum atomic E-state index is 13.0. The first kappa shape index (κ1) is 24.9. The Morgan fingerprint density at radius 1 is 1.11 bits per heavy atom. The van der Waals surface area contributed by atoms with Gasteiger partial charge in [-0.25, -0.2) is 4.98 Å². The van der Waals surface area contributed by atoms with Crippen molar-refractivity contribution in [1.82, 2.24) is 9.66 Å². The van der Waals surface area contributed by atoms with Crippen molar-refractivity contribution < 1.29 is 14.6 Å². The molecule has 1 heterocycles. The van der Waals surface area contributed by atoms with Crippen molar-refractivity contribution in [2.75, 3.05) is 0 Å². The van der Waals surface area contributed by atoms with Gasteiger partial charge in [-0.3, -0.25) is 25.0 Å². The fourth-order valence-electron chi connectivity index (χ4n) is 3.37. The van der Waals surface area contributed by atoms with E-state index < -0.39 is 21.1 Å². The third-order valence-corrected chi connectivity index (χ3v) is 5.78. The van der Waals surface area contributed by atoms with Crippen LogP contribution in [0.1, 0.15) is 17.0 Å². The van der Waals surface area contributed by atoms with Crippen LogP contribution < -0.4 is 10.3 Å². The van der Waals surface area contributed by atoms with Crippen molar-refractivity contribution in [3.05, 3.63) is 112 Å². The zero-order chi connectivity index (χ0) is 26.0. The van der Waals surface area contributed by atoms with Crippen molar-refractivity contribution in [3.8, 4) is 5.75 Å². The van der Waals surface area contributed by atoms with E-state index in [0.29, 0.717) is 26.8 Å². The van der Waals surface area contributed by atoms with Gasteiger partial charge in [0.1, 0.15) is 12.4 Å². The van der Waals surface area contributed by atoms with Gasteiger partial charge in [0.05, 0.1) is 27.0 Å². The van der Waals surface area contributed by atoms with Crippen LogP contribution in [0, 0.1) is 27.2 Å². The number of fused-ring (bicyclic) bond motifs is 1. The highest BCUT2D eigenvalue weighted by molar-refractivity contribution is 9.10. The van der Waals surface area contributed by atoms with Crippen LogP contribution in [-0.2, 0) is 6.61 Å². The number of rotatable bonds is 7. The fraction of sp³-hybridized carbons (Fsp3) is 0.0870. The highest BCUT2D eigenvalue weighted by Gasteiger charge is 2.21. The Labute approximate surface area is 216 Å². The molecule has 0 amide bonds. The molecular weight excluding hydrogens is 558 g/mol. The summed E-state index contributed by atoms with van der Waals surface area (Å²) in [6.07, 6.45) is 1.23. The van der Waals surface area contributed by atoms with E-state index in [1.807, 2.05) is 0 Å². The maximum absolute atomic E-state index is 13.0.